The molecule has 3 heterocycles. The zero-order valence-electron chi connectivity index (χ0n) is 12.2. The summed E-state index contributed by atoms with van der Waals surface area (Å²) in [5.41, 5.74) is 0.315. The summed E-state index contributed by atoms with van der Waals surface area (Å²) in [6.45, 7) is 5.93. The monoisotopic (exact) mass is 276 g/mol. The Bertz CT molecular complexity index is 445. The average molecular weight is 276 g/mol. The van der Waals surface area contributed by atoms with Crippen LogP contribution < -0.4 is 5.32 Å². The van der Waals surface area contributed by atoms with E-state index in [1.165, 1.54) is 19.3 Å². The largest absolute Gasteiger partial charge is 0.340 e. The lowest BCUT2D eigenvalue weighted by atomic mass is 9.74. The fourth-order valence-electron chi connectivity index (χ4n) is 3.66. The molecule has 0 bridgehead atoms. The van der Waals surface area contributed by atoms with Gasteiger partial charge in [0.2, 0.25) is 5.91 Å². The third kappa shape index (κ3) is 2.59. The summed E-state index contributed by atoms with van der Waals surface area (Å²) < 4.78 is 1.75. The molecule has 1 aromatic heterocycles. The van der Waals surface area contributed by atoms with Crippen molar-refractivity contribution in [3.8, 4) is 0 Å². The molecule has 110 valence electrons. The lowest BCUT2D eigenvalue weighted by Gasteiger charge is -2.46. The third-order valence-electron chi connectivity index (χ3n) is 4.81. The van der Waals surface area contributed by atoms with Crippen LogP contribution in [0.1, 0.15) is 38.6 Å². The van der Waals surface area contributed by atoms with Crippen LogP contribution in [0.15, 0.2) is 18.5 Å². The third-order valence-corrected chi connectivity index (χ3v) is 4.81. The molecule has 2 saturated heterocycles. The van der Waals surface area contributed by atoms with E-state index in [1.807, 2.05) is 19.2 Å². The second-order valence-electron chi connectivity index (χ2n) is 6.31. The Morgan fingerprint density at radius 3 is 2.95 bits per heavy atom. The molecule has 5 heteroatoms. The fourth-order valence-corrected chi connectivity index (χ4v) is 3.66. The van der Waals surface area contributed by atoms with Crippen LogP contribution in [0.3, 0.4) is 0 Å². The van der Waals surface area contributed by atoms with E-state index in [9.17, 15) is 4.79 Å². The molecule has 1 aromatic rings. The first kappa shape index (κ1) is 13.6. The standard InChI is InChI=1S/C15H24N4O/c1-13(19-10-4-8-17-19)14(20)18-9-3-6-15(12-18)5-2-7-16-11-15/h4,8,10,13,16H,2-3,5-7,9,11-12H2,1H3. The van der Waals surface area contributed by atoms with Crippen molar-refractivity contribution < 1.29 is 4.79 Å². The summed E-state index contributed by atoms with van der Waals surface area (Å²) >= 11 is 0. The lowest BCUT2D eigenvalue weighted by molar-refractivity contribution is -0.138. The van der Waals surface area contributed by atoms with Crippen molar-refractivity contribution >= 4 is 5.91 Å². The van der Waals surface area contributed by atoms with E-state index in [0.717, 1.165) is 32.6 Å². The molecule has 2 unspecified atom stereocenters. The first-order valence-corrected chi connectivity index (χ1v) is 7.69. The number of piperidine rings is 2. The fraction of sp³-hybridized carbons (Fsp3) is 0.733. The summed E-state index contributed by atoms with van der Waals surface area (Å²) in [7, 11) is 0. The van der Waals surface area contributed by atoms with Crippen LogP contribution in [0.4, 0.5) is 0 Å². The number of aromatic nitrogens is 2. The number of carbonyl (C=O) groups is 1. The van der Waals surface area contributed by atoms with Crippen LogP contribution in [0, 0.1) is 5.41 Å². The number of likely N-dealkylation sites (tertiary alicyclic amines) is 1. The van der Waals surface area contributed by atoms with E-state index >= 15 is 0 Å². The minimum atomic E-state index is -0.198. The summed E-state index contributed by atoms with van der Waals surface area (Å²) in [5, 5.41) is 7.70. The maximum absolute atomic E-state index is 12.7. The number of amides is 1. The Morgan fingerprint density at radius 2 is 2.25 bits per heavy atom. The molecule has 0 radical (unpaired) electrons. The van der Waals surface area contributed by atoms with Crippen molar-refractivity contribution in [3.05, 3.63) is 18.5 Å². The molecular formula is C15H24N4O. The Hall–Kier alpha value is -1.36. The van der Waals surface area contributed by atoms with Crippen LogP contribution in [0.2, 0.25) is 0 Å². The van der Waals surface area contributed by atoms with Crippen LogP contribution in [-0.2, 0) is 4.79 Å². The maximum Gasteiger partial charge on any atom is 0.247 e. The van der Waals surface area contributed by atoms with Gasteiger partial charge in [-0.25, -0.2) is 0 Å². The Balaban J connectivity index is 1.68. The Morgan fingerprint density at radius 1 is 1.40 bits per heavy atom. The van der Waals surface area contributed by atoms with Crippen molar-refractivity contribution in [1.29, 1.82) is 0 Å². The molecule has 2 aliphatic rings. The van der Waals surface area contributed by atoms with Gasteiger partial charge in [0.05, 0.1) is 0 Å². The first-order valence-electron chi connectivity index (χ1n) is 7.69. The predicted octanol–water partition coefficient (Wildman–Crippen LogP) is 1.44. The van der Waals surface area contributed by atoms with E-state index in [1.54, 1.807) is 10.9 Å². The predicted molar refractivity (Wildman–Crippen MR) is 77.3 cm³/mol. The van der Waals surface area contributed by atoms with Gasteiger partial charge < -0.3 is 10.2 Å². The van der Waals surface area contributed by atoms with Gasteiger partial charge in [-0.05, 0) is 45.2 Å². The quantitative estimate of drug-likeness (QED) is 0.889. The van der Waals surface area contributed by atoms with Gasteiger partial charge in [0, 0.05) is 37.4 Å². The highest BCUT2D eigenvalue weighted by Gasteiger charge is 2.39. The number of hydrogen-bond donors (Lipinski definition) is 1. The van der Waals surface area contributed by atoms with E-state index in [0.29, 0.717) is 5.41 Å². The number of carbonyl (C=O) groups excluding carboxylic acids is 1. The van der Waals surface area contributed by atoms with E-state index in [2.05, 4.69) is 15.3 Å². The highest BCUT2D eigenvalue weighted by Crippen LogP contribution is 2.36. The lowest BCUT2D eigenvalue weighted by Crippen LogP contribution is -2.53. The molecule has 3 rings (SSSR count). The molecule has 5 nitrogen and oxygen atoms in total. The summed E-state index contributed by atoms with van der Waals surface area (Å²) in [4.78, 5) is 14.7. The molecule has 1 spiro atoms. The SMILES string of the molecule is CC(C(=O)N1CCCC2(CCCNC2)C1)n1cccn1. The van der Waals surface area contributed by atoms with Gasteiger partial charge in [-0.15, -0.1) is 0 Å². The molecule has 0 aromatic carbocycles. The smallest absolute Gasteiger partial charge is 0.247 e. The molecular weight excluding hydrogens is 252 g/mol. The van der Waals surface area contributed by atoms with Gasteiger partial charge in [0.15, 0.2) is 0 Å². The molecule has 0 aliphatic carbocycles. The highest BCUT2D eigenvalue weighted by atomic mass is 16.2. The van der Waals surface area contributed by atoms with Gasteiger partial charge in [-0.1, -0.05) is 0 Å². The summed E-state index contributed by atoms with van der Waals surface area (Å²) in [6.07, 6.45) is 8.45. The second-order valence-corrected chi connectivity index (χ2v) is 6.31. The molecule has 0 saturated carbocycles. The molecule has 20 heavy (non-hydrogen) atoms. The van der Waals surface area contributed by atoms with Crippen molar-refractivity contribution in [2.24, 2.45) is 5.41 Å². The first-order chi connectivity index (χ1) is 9.70. The number of rotatable bonds is 2. The molecule has 2 fully saturated rings. The molecule has 1 N–H and O–H groups in total. The summed E-state index contributed by atoms with van der Waals surface area (Å²) in [6, 6.07) is 1.67. The molecule has 2 atom stereocenters. The summed E-state index contributed by atoms with van der Waals surface area (Å²) in [5.74, 6) is 0.207. The van der Waals surface area contributed by atoms with Crippen LogP contribution in [-0.4, -0.2) is 46.8 Å². The van der Waals surface area contributed by atoms with E-state index in [-0.39, 0.29) is 11.9 Å². The topological polar surface area (TPSA) is 50.2 Å². The van der Waals surface area contributed by atoms with Crippen LogP contribution >= 0.6 is 0 Å². The second kappa shape index (κ2) is 5.56. The molecule has 1 amide bonds. The zero-order chi connectivity index (χ0) is 14.0. The Kier molecular flexibility index (Phi) is 3.78. The normalized spacial score (nSPS) is 28.6. The van der Waals surface area contributed by atoms with Crippen molar-refractivity contribution in [2.75, 3.05) is 26.2 Å². The van der Waals surface area contributed by atoms with Crippen LogP contribution in [0.5, 0.6) is 0 Å². The zero-order valence-corrected chi connectivity index (χ0v) is 12.2. The molecule has 2 aliphatic heterocycles. The van der Waals surface area contributed by atoms with Gasteiger partial charge in [0.1, 0.15) is 6.04 Å². The van der Waals surface area contributed by atoms with E-state index in [4.69, 9.17) is 0 Å². The highest BCUT2D eigenvalue weighted by molar-refractivity contribution is 5.80. The van der Waals surface area contributed by atoms with Crippen molar-refractivity contribution in [3.63, 3.8) is 0 Å². The average Bonchev–Trinajstić information content (AvgIpc) is 3.01. The minimum absolute atomic E-state index is 0.198. The minimum Gasteiger partial charge on any atom is -0.340 e. The van der Waals surface area contributed by atoms with Crippen molar-refractivity contribution in [1.82, 2.24) is 20.0 Å². The van der Waals surface area contributed by atoms with Gasteiger partial charge in [-0.3, -0.25) is 9.48 Å². The van der Waals surface area contributed by atoms with Gasteiger partial charge in [0.25, 0.3) is 0 Å². The number of nitrogens with one attached hydrogen (secondary N) is 1. The van der Waals surface area contributed by atoms with Crippen LogP contribution in [0.25, 0.3) is 0 Å². The van der Waals surface area contributed by atoms with Crippen molar-refractivity contribution in [2.45, 2.75) is 38.6 Å². The number of hydrogen-bond acceptors (Lipinski definition) is 3. The van der Waals surface area contributed by atoms with E-state index < -0.39 is 0 Å². The number of nitrogens with zero attached hydrogens (tertiary/aromatic N) is 3. The maximum atomic E-state index is 12.7. The Labute approximate surface area is 120 Å². The van der Waals surface area contributed by atoms with Gasteiger partial charge >= 0.3 is 0 Å². The van der Waals surface area contributed by atoms with Gasteiger partial charge in [-0.2, -0.15) is 5.10 Å².